The van der Waals surface area contributed by atoms with Crippen molar-refractivity contribution in [2.45, 2.75) is 32.9 Å². The van der Waals surface area contributed by atoms with Gasteiger partial charge in [-0.3, -0.25) is 0 Å². The van der Waals surface area contributed by atoms with Gasteiger partial charge in [-0.05, 0) is 23.6 Å². The van der Waals surface area contributed by atoms with Crippen LogP contribution < -0.4 is 0 Å². The topological polar surface area (TPSA) is 50.9 Å². The van der Waals surface area contributed by atoms with Gasteiger partial charge in [-0.2, -0.15) is 5.10 Å². The zero-order valence-electron chi connectivity index (χ0n) is 11.4. The van der Waals surface area contributed by atoms with Crippen molar-refractivity contribution >= 4 is 15.9 Å². The number of aliphatic hydroxyl groups excluding tert-OH is 1. The lowest BCUT2D eigenvalue weighted by Gasteiger charge is -2.14. The van der Waals surface area contributed by atoms with E-state index in [1.165, 1.54) is 18.5 Å². The van der Waals surface area contributed by atoms with Crippen molar-refractivity contribution in [3.8, 4) is 0 Å². The summed E-state index contributed by atoms with van der Waals surface area (Å²) < 4.78 is 15.4. The number of aliphatic hydroxyl groups is 1. The Bertz CT molecular complexity index is 586. The van der Waals surface area contributed by atoms with Gasteiger partial charge >= 0.3 is 0 Å². The minimum Gasteiger partial charge on any atom is -0.388 e. The van der Waals surface area contributed by atoms with Crippen molar-refractivity contribution in [2.24, 2.45) is 5.92 Å². The van der Waals surface area contributed by atoms with Crippen LogP contribution in [0.5, 0.6) is 0 Å². The van der Waals surface area contributed by atoms with Crippen molar-refractivity contribution in [1.29, 1.82) is 0 Å². The predicted molar refractivity (Wildman–Crippen MR) is 77.6 cm³/mol. The number of aromatic nitrogens is 3. The maximum Gasteiger partial charge on any atom is 0.138 e. The molecule has 0 spiro atoms. The van der Waals surface area contributed by atoms with Crippen molar-refractivity contribution < 1.29 is 9.50 Å². The largest absolute Gasteiger partial charge is 0.388 e. The normalized spacial score (nSPS) is 12.9. The maximum absolute atomic E-state index is 13.1. The van der Waals surface area contributed by atoms with Crippen LogP contribution in [0.1, 0.15) is 31.3 Å². The summed E-state index contributed by atoms with van der Waals surface area (Å²) in [7, 11) is 0. The van der Waals surface area contributed by atoms with E-state index in [-0.39, 0.29) is 5.82 Å². The predicted octanol–water partition coefficient (Wildman–Crippen LogP) is 3.11. The van der Waals surface area contributed by atoms with Gasteiger partial charge in [0, 0.05) is 17.4 Å². The van der Waals surface area contributed by atoms with Crippen LogP contribution in [0.3, 0.4) is 0 Å². The molecule has 1 unspecified atom stereocenters. The molecule has 2 aromatic rings. The van der Waals surface area contributed by atoms with Crippen LogP contribution in [-0.4, -0.2) is 19.9 Å². The van der Waals surface area contributed by atoms with Crippen LogP contribution >= 0.6 is 15.9 Å². The summed E-state index contributed by atoms with van der Waals surface area (Å²) in [5, 5.41) is 14.5. The summed E-state index contributed by atoms with van der Waals surface area (Å²) >= 11 is 3.27. The van der Waals surface area contributed by atoms with Gasteiger partial charge in [-0.15, -0.1) is 0 Å². The van der Waals surface area contributed by atoms with Crippen molar-refractivity contribution in [3.63, 3.8) is 0 Å². The molecule has 0 aliphatic carbocycles. The average Bonchev–Trinajstić information content (AvgIpc) is 2.75. The molecule has 1 N–H and O–H groups in total. The molecule has 0 radical (unpaired) electrons. The molecule has 0 fully saturated rings. The van der Waals surface area contributed by atoms with Gasteiger partial charge in [0.05, 0.1) is 6.10 Å². The highest BCUT2D eigenvalue weighted by molar-refractivity contribution is 9.10. The Morgan fingerprint density at radius 2 is 2.15 bits per heavy atom. The van der Waals surface area contributed by atoms with Gasteiger partial charge in [0.25, 0.3) is 0 Å². The van der Waals surface area contributed by atoms with Crippen molar-refractivity contribution in [1.82, 2.24) is 14.8 Å². The van der Waals surface area contributed by atoms with Crippen LogP contribution in [-0.2, 0) is 13.0 Å². The molecule has 1 heterocycles. The zero-order valence-corrected chi connectivity index (χ0v) is 13.0. The molecule has 0 saturated heterocycles. The fourth-order valence-electron chi connectivity index (χ4n) is 2.00. The fourth-order valence-corrected chi connectivity index (χ4v) is 2.61. The molecule has 20 heavy (non-hydrogen) atoms. The van der Waals surface area contributed by atoms with Crippen LogP contribution in [0.15, 0.2) is 29.0 Å². The van der Waals surface area contributed by atoms with Gasteiger partial charge in [-0.25, -0.2) is 14.1 Å². The van der Waals surface area contributed by atoms with E-state index < -0.39 is 6.10 Å². The van der Waals surface area contributed by atoms with Gasteiger partial charge in [-0.1, -0.05) is 35.8 Å². The van der Waals surface area contributed by atoms with Gasteiger partial charge < -0.3 is 5.11 Å². The summed E-state index contributed by atoms with van der Waals surface area (Å²) in [6.07, 6.45) is 1.08. The first-order valence-corrected chi connectivity index (χ1v) is 7.26. The van der Waals surface area contributed by atoms with Crippen LogP contribution in [0.2, 0.25) is 0 Å². The second-order valence-electron chi connectivity index (χ2n) is 5.14. The molecule has 0 aliphatic heterocycles. The Morgan fingerprint density at radius 1 is 1.40 bits per heavy atom. The highest BCUT2D eigenvalue weighted by Crippen LogP contribution is 2.26. The highest BCUT2D eigenvalue weighted by Gasteiger charge is 2.16. The Morgan fingerprint density at radius 3 is 2.80 bits per heavy atom. The number of hydrogen-bond donors (Lipinski definition) is 1. The van der Waals surface area contributed by atoms with Gasteiger partial charge in [0.2, 0.25) is 0 Å². The Kier molecular flexibility index (Phi) is 4.88. The Balaban J connectivity index is 2.15. The van der Waals surface area contributed by atoms with Crippen molar-refractivity contribution in [2.75, 3.05) is 0 Å². The van der Waals surface area contributed by atoms with E-state index in [2.05, 4.69) is 39.9 Å². The zero-order chi connectivity index (χ0) is 14.7. The lowest BCUT2D eigenvalue weighted by molar-refractivity contribution is 0.172. The highest BCUT2D eigenvalue weighted by atomic mass is 79.9. The molecule has 0 amide bonds. The molecular formula is C14H17BrFN3O. The standard InChI is InChI=1S/C14H17BrFN3O/c1-9(2)7-19-14(17-8-18-19)6-13(20)11-4-3-10(16)5-12(11)15/h3-5,8-9,13,20H,6-7H2,1-2H3. The number of nitrogens with zero attached hydrogens (tertiary/aromatic N) is 3. The minimum atomic E-state index is -0.750. The van der Waals surface area contributed by atoms with Gasteiger partial charge in [0.15, 0.2) is 0 Å². The quantitative estimate of drug-likeness (QED) is 0.908. The van der Waals surface area contributed by atoms with E-state index in [4.69, 9.17) is 0 Å². The molecule has 2 rings (SSSR count). The molecule has 1 aromatic heterocycles. The molecule has 108 valence electrons. The molecule has 4 nitrogen and oxygen atoms in total. The summed E-state index contributed by atoms with van der Waals surface area (Å²) in [5.74, 6) is 0.836. The lowest BCUT2D eigenvalue weighted by Crippen LogP contribution is -2.13. The molecule has 0 aliphatic rings. The van der Waals surface area contributed by atoms with E-state index in [0.29, 0.717) is 22.4 Å². The average molecular weight is 342 g/mol. The van der Waals surface area contributed by atoms with E-state index in [1.54, 1.807) is 10.7 Å². The first kappa shape index (κ1) is 15.1. The third kappa shape index (κ3) is 3.64. The molecule has 0 saturated carbocycles. The Hall–Kier alpha value is -1.27. The number of benzene rings is 1. The number of rotatable bonds is 5. The lowest BCUT2D eigenvalue weighted by atomic mass is 10.1. The molecule has 1 atom stereocenters. The third-order valence-electron chi connectivity index (χ3n) is 2.93. The van der Waals surface area contributed by atoms with Crippen LogP contribution in [0.4, 0.5) is 4.39 Å². The second-order valence-corrected chi connectivity index (χ2v) is 5.99. The fraction of sp³-hybridized carbons (Fsp3) is 0.429. The van der Waals surface area contributed by atoms with E-state index in [9.17, 15) is 9.50 Å². The second kappa shape index (κ2) is 6.45. The molecule has 1 aromatic carbocycles. The SMILES string of the molecule is CC(C)Cn1ncnc1CC(O)c1ccc(F)cc1Br. The van der Waals surface area contributed by atoms with Crippen LogP contribution in [0, 0.1) is 11.7 Å². The minimum absolute atomic E-state index is 0.337. The van der Waals surface area contributed by atoms with E-state index in [0.717, 1.165) is 12.4 Å². The third-order valence-corrected chi connectivity index (χ3v) is 3.62. The monoisotopic (exact) mass is 341 g/mol. The smallest absolute Gasteiger partial charge is 0.138 e. The first-order chi connectivity index (χ1) is 9.47. The first-order valence-electron chi connectivity index (χ1n) is 6.47. The molecule has 6 heteroatoms. The van der Waals surface area contributed by atoms with Gasteiger partial charge in [0.1, 0.15) is 18.0 Å². The molecule has 0 bridgehead atoms. The summed E-state index contributed by atoms with van der Waals surface area (Å²) in [5.41, 5.74) is 0.644. The molecular weight excluding hydrogens is 325 g/mol. The van der Waals surface area contributed by atoms with E-state index >= 15 is 0 Å². The van der Waals surface area contributed by atoms with E-state index in [1.807, 2.05) is 0 Å². The summed E-state index contributed by atoms with van der Waals surface area (Å²) in [6.45, 7) is 4.95. The number of hydrogen-bond acceptors (Lipinski definition) is 3. The van der Waals surface area contributed by atoms with Crippen molar-refractivity contribution in [3.05, 3.63) is 46.2 Å². The maximum atomic E-state index is 13.1. The Labute approximate surface area is 125 Å². The number of halogens is 2. The summed E-state index contributed by atoms with van der Waals surface area (Å²) in [6, 6.07) is 4.26. The summed E-state index contributed by atoms with van der Waals surface area (Å²) in [4.78, 5) is 4.18. The van der Waals surface area contributed by atoms with Crippen LogP contribution in [0.25, 0.3) is 0 Å².